The Morgan fingerprint density at radius 2 is 1.32 bits per heavy atom. The summed E-state index contributed by atoms with van der Waals surface area (Å²) in [5.41, 5.74) is 3.39. The van der Waals surface area contributed by atoms with E-state index in [4.69, 9.17) is 4.43 Å². The maximum absolute atomic E-state index is 6.00. The normalized spacial score (nSPS) is 11.8. The Bertz CT molecular complexity index is 428. The minimum Gasteiger partial charge on any atom is -0.423 e. The summed E-state index contributed by atoms with van der Waals surface area (Å²) in [6.45, 7) is 5.29. The van der Waals surface area contributed by atoms with Gasteiger partial charge in [-0.3, -0.25) is 0 Å². The second-order valence-corrected chi connectivity index (χ2v) is 7.68. The van der Waals surface area contributed by atoms with Gasteiger partial charge in [-0.2, -0.15) is 0 Å². The second-order valence-electron chi connectivity index (χ2n) is 5.31. The molecule has 0 aromatic heterocycles. The van der Waals surface area contributed by atoms with Crippen molar-refractivity contribution in [2.75, 3.05) is 6.61 Å². The van der Waals surface area contributed by atoms with Crippen molar-refractivity contribution in [1.82, 2.24) is 0 Å². The molecule has 0 fully saturated rings. The zero-order chi connectivity index (χ0) is 13.5. The lowest BCUT2D eigenvalue weighted by atomic mass is 9.92. The van der Waals surface area contributed by atoms with Crippen LogP contribution in [0.2, 0.25) is 5.54 Å². The van der Waals surface area contributed by atoms with Crippen molar-refractivity contribution < 1.29 is 4.43 Å². The van der Waals surface area contributed by atoms with Gasteiger partial charge >= 0.3 is 0 Å². The molecular weight excluding hydrogens is 248 g/mol. The third kappa shape index (κ3) is 4.34. The van der Waals surface area contributed by atoms with Crippen LogP contribution in [0.15, 0.2) is 60.7 Å². The first-order valence-corrected chi connectivity index (χ1v) is 8.34. The fraction of sp³-hybridized carbons (Fsp3) is 0.294. The summed E-state index contributed by atoms with van der Waals surface area (Å²) in [5, 5.41) is 0. The molecule has 0 aliphatic rings. The SMILES string of the molecule is CC(C)[SiH2]OCC(c1ccccc1)c1ccccc1. The van der Waals surface area contributed by atoms with Gasteiger partial charge in [0.15, 0.2) is 9.76 Å². The summed E-state index contributed by atoms with van der Waals surface area (Å²) in [6.07, 6.45) is 0. The van der Waals surface area contributed by atoms with E-state index in [2.05, 4.69) is 74.5 Å². The highest BCUT2D eigenvalue weighted by Gasteiger charge is 2.13. The lowest BCUT2D eigenvalue weighted by Crippen LogP contribution is -2.13. The van der Waals surface area contributed by atoms with E-state index in [0.29, 0.717) is 11.5 Å². The fourth-order valence-corrected chi connectivity index (χ4v) is 3.02. The van der Waals surface area contributed by atoms with Gasteiger partial charge in [-0.25, -0.2) is 0 Å². The van der Waals surface area contributed by atoms with Gasteiger partial charge < -0.3 is 4.43 Å². The quantitative estimate of drug-likeness (QED) is 0.727. The van der Waals surface area contributed by atoms with Crippen molar-refractivity contribution in [2.24, 2.45) is 0 Å². The van der Waals surface area contributed by atoms with Gasteiger partial charge in [0.05, 0.1) is 0 Å². The highest BCUT2D eigenvalue weighted by atomic mass is 28.2. The van der Waals surface area contributed by atoms with Gasteiger partial charge in [0, 0.05) is 12.5 Å². The largest absolute Gasteiger partial charge is 0.423 e. The predicted molar refractivity (Wildman–Crippen MR) is 84.3 cm³/mol. The second kappa shape index (κ2) is 7.27. The van der Waals surface area contributed by atoms with E-state index in [1.807, 2.05) is 0 Å². The maximum Gasteiger partial charge on any atom is 0.164 e. The third-order valence-electron chi connectivity index (χ3n) is 3.14. The molecule has 0 N–H and O–H groups in total. The van der Waals surface area contributed by atoms with Crippen LogP contribution >= 0.6 is 0 Å². The molecule has 0 aliphatic heterocycles. The summed E-state index contributed by atoms with van der Waals surface area (Å²) in [4.78, 5) is 0. The Hall–Kier alpha value is -1.38. The van der Waals surface area contributed by atoms with E-state index in [9.17, 15) is 0 Å². The number of hydrogen-bond donors (Lipinski definition) is 0. The van der Waals surface area contributed by atoms with Crippen LogP contribution in [-0.2, 0) is 4.43 Å². The highest BCUT2D eigenvalue weighted by Crippen LogP contribution is 2.24. The molecule has 0 radical (unpaired) electrons. The first-order valence-electron chi connectivity index (χ1n) is 6.95. The zero-order valence-electron chi connectivity index (χ0n) is 11.8. The molecule has 0 saturated carbocycles. The van der Waals surface area contributed by atoms with Crippen LogP contribution in [-0.4, -0.2) is 16.4 Å². The topological polar surface area (TPSA) is 9.23 Å². The van der Waals surface area contributed by atoms with E-state index in [0.717, 1.165) is 6.61 Å². The third-order valence-corrected chi connectivity index (χ3v) is 4.28. The standard InChI is InChI=1S/C17H22OSi/c1-14(2)19-18-13-17(15-9-5-3-6-10-15)16-11-7-4-8-12-16/h3-12,14,17H,13,19H2,1-2H3. The van der Waals surface area contributed by atoms with Crippen molar-refractivity contribution in [1.29, 1.82) is 0 Å². The Morgan fingerprint density at radius 3 is 1.74 bits per heavy atom. The molecule has 0 saturated heterocycles. The molecule has 2 aromatic rings. The summed E-state index contributed by atoms with van der Waals surface area (Å²) >= 11 is 0. The molecule has 0 bridgehead atoms. The molecule has 0 atom stereocenters. The van der Waals surface area contributed by atoms with Crippen molar-refractivity contribution in [3.8, 4) is 0 Å². The van der Waals surface area contributed by atoms with E-state index >= 15 is 0 Å². The molecule has 2 heteroatoms. The zero-order valence-corrected chi connectivity index (χ0v) is 13.2. The Labute approximate surface area is 118 Å². The molecule has 19 heavy (non-hydrogen) atoms. The van der Waals surface area contributed by atoms with E-state index in [1.54, 1.807) is 0 Å². The van der Waals surface area contributed by atoms with Crippen molar-refractivity contribution in [3.63, 3.8) is 0 Å². The molecule has 100 valence electrons. The summed E-state index contributed by atoms with van der Waals surface area (Å²) < 4.78 is 6.00. The van der Waals surface area contributed by atoms with Gasteiger partial charge in [0.25, 0.3) is 0 Å². The van der Waals surface area contributed by atoms with Crippen molar-refractivity contribution in [3.05, 3.63) is 71.8 Å². The average molecular weight is 270 g/mol. The molecule has 1 nitrogen and oxygen atoms in total. The molecule has 2 rings (SSSR count). The summed E-state index contributed by atoms with van der Waals surface area (Å²) in [6, 6.07) is 21.3. The van der Waals surface area contributed by atoms with Crippen LogP contribution < -0.4 is 0 Å². The van der Waals surface area contributed by atoms with Gasteiger partial charge in [0.1, 0.15) is 0 Å². The fourth-order valence-electron chi connectivity index (χ4n) is 2.18. The van der Waals surface area contributed by atoms with Crippen LogP contribution in [0.25, 0.3) is 0 Å². The van der Waals surface area contributed by atoms with Crippen molar-refractivity contribution >= 4 is 9.76 Å². The molecule has 0 heterocycles. The lowest BCUT2D eigenvalue weighted by Gasteiger charge is -2.19. The molecule has 0 unspecified atom stereocenters. The molecule has 2 aromatic carbocycles. The van der Waals surface area contributed by atoms with Crippen LogP contribution in [0.1, 0.15) is 30.9 Å². The molecular formula is C17H22OSi. The van der Waals surface area contributed by atoms with Crippen LogP contribution in [0.3, 0.4) is 0 Å². The average Bonchev–Trinajstić information content (AvgIpc) is 2.45. The van der Waals surface area contributed by atoms with Gasteiger partial charge in [-0.05, 0) is 16.7 Å². The molecule has 0 aliphatic carbocycles. The number of rotatable bonds is 6. The van der Waals surface area contributed by atoms with Crippen LogP contribution in [0, 0.1) is 0 Å². The van der Waals surface area contributed by atoms with E-state index in [1.165, 1.54) is 11.1 Å². The summed E-state index contributed by atoms with van der Waals surface area (Å²) in [7, 11) is -0.406. The number of benzene rings is 2. The highest BCUT2D eigenvalue weighted by molar-refractivity contribution is 6.29. The minimum absolute atomic E-state index is 0.355. The Balaban J connectivity index is 2.14. The molecule has 0 spiro atoms. The lowest BCUT2D eigenvalue weighted by molar-refractivity contribution is 0.315. The smallest absolute Gasteiger partial charge is 0.164 e. The van der Waals surface area contributed by atoms with Gasteiger partial charge in [-0.15, -0.1) is 0 Å². The van der Waals surface area contributed by atoms with Crippen molar-refractivity contribution in [2.45, 2.75) is 25.3 Å². The Kier molecular flexibility index (Phi) is 5.37. The monoisotopic (exact) mass is 270 g/mol. The summed E-state index contributed by atoms with van der Waals surface area (Å²) in [5.74, 6) is 0.355. The van der Waals surface area contributed by atoms with Gasteiger partial charge in [0.2, 0.25) is 0 Å². The maximum atomic E-state index is 6.00. The first kappa shape index (κ1) is 14.0. The minimum atomic E-state index is -0.406. The first-order chi connectivity index (χ1) is 9.27. The van der Waals surface area contributed by atoms with Crippen LogP contribution in [0.5, 0.6) is 0 Å². The molecule has 0 amide bonds. The van der Waals surface area contributed by atoms with E-state index < -0.39 is 9.76 Å². The predicted octanol–water partition coefficient (Wildman–Crippen LogP) is 3.75. The Morgan fingerprint density at radius 1 is 0.842 bits per heavy atom. The number of hydrogen-bond acceptors (Lipinski definition) is 1. The van der Waals surface area contributed by atoms with Crippen LogP contribution in [0.4, 0.5) is 0 Å². The van der Waals surface area contributed by atoms with Gasteiger partial charge in [-0.1, -0.05) is 74.5 Å². The van der Waals surface area contributed by atoms with E-state index in [-0.39, 0.29) is 0 Å².